The highest BCUT2D eigenvalue weighted by molar-refractivity contribution is 5.94. The molecular formula is C24H26N2O4. The van der Waals surface area contributed by atoms with Gasteiger partial charge in [0.15, 0.2) is 11.5 Å². The second-order valence-corrected chi connectivity index (χ2v) is 8.64. The van der Waals surface area contributed by atoms with Gasteiger partial charge in [-0.1, -0.05) is 25.0 Å². The molecule has 2 aromatic carbocycles. The highest BCUT2D eigenvalue weighted by atomic mass is 16.6. The Kier molecular flexibility index (Phi) is 4.65. The van der Waals surface area contributed by atoms with Gasteiger partial charge in [-0.3, -0.25) is 9.59 Å². The molecule has 1 saturated carbocycles. The van der Waals surface area contributed by atoms with Crippen LogP contribution in [0.3, 0.4) is 0 Å². The fourth-order valence-electron chi connectivity index (χ4n) is 5.24. The van der Waals surface area contributed by atoms with Crippen LogP contribution in [0.15, 0.2) is 36.4 Å². The molecule has 2 heterocycles. The third-order valence-electron chi connectivity index (χ3n) is 6.62. The van der Waals surface area contributed by atoms with Gasteiger partial charge >= 0.3 is 0 Å². The highest BCUT2D eigenvalue weighted by Gasteiger charge is 2.44. The number of nitrogens with zero attached hydrogens (tertiary/aromatic N) is 1. The summed E-state index contributed by atoms with van der Waals surface area (Å²) in [6.45, 7) is 2.42. The van der Waals surface area contributed by atoms with Crippen LogP contribution in [0.2, 0.25) is 0 Å². The van der Waals surface area contributed by atoms with Crippen LogP contribution in [0.4, 0.5) is 0 Å². The Labute approximate surface area is 176 Å². The molecule has 3 aliphatic rings. The molecule has 0 aromatic heterocycles. The van der Waals surface area contributed by atoms with Gasteiger partial charge in [0.2, 0.25) is 5.91 Å². The maximum Gasteiger partial charge on any atom is 0.254 e. The van der Waals surface area contributed by atoms with E-state index >= 15 is 0 Å². The maximum absolute atomic E-state index is 13.4. The van der Waals surface area contributed by atoms with E-state index < -0.39 is 0 Å². The summed E-state index contributed by atoms with van der Waals surface area (Å²) < 4.78 is 11.6. The molecule has 1 aliphatic carbocycles. The van der Waals surface area contributed by atoms with Gasteiger partial charge in [0.1, 0.15) is 13.2 Å². The predicted octanol–water partition coefficient (Wildman–Crippen LogP) is 2.95. The number of hydrogen-bond donors (Lipinski definition) is 1. The number of primary amides is 1. The standard InChI is InChI=1S/C24H26N2O4/c25-22(27)11-16-3-5-17(6-4-16)23(28)26-14-18-12-20-21(30-10-9-29-20)13-19(18)24(15-26)7-1-2-8-24/h3-6,12-13H,1-2,7-11,14-15H2,(H2,25,27). The molecule has 0 atom stereocenters. The molecule has 30 heavy (non-hydrogen) atoms. The molecule has 6 nitrogen and oxygen atoms in total. The van der Waals surface area contributed by atoms with Crippen LogP contribution >= 0.6 is 0 Å². The average Bonchev–Trinajstić information content (AvgIpc) is 3.21. The zero-order valence-corrected chi connectivity index (χ0v) is 17.0. The van der Waals surface area contributed by atoms with Crippen molar-refractivity contribution in [2.45, 2.75) is 44.1 Å². The van der Waals surface area contributed by atoms with E-state index in [1.54, 1.807) is 12.1 Å². The number of carbonyl (C=O) groups is 2. The minimum Gasteiger partial charge on any atom is -0.486 e. The second-order valence-electron chi connectivity index (χ2n) is 8.64. The molecular weight excluding hydrogens is 380 g/mol. The van der Waals surface area contributed by atoms with Gasteiger partial charge in [0.05, 0.1) is 6.42 Å². The van der Waals surface area contributed by atoms with Gasteiger partial charge in [-0.2, -0.15) is 0 Å². The number of fused-ring (bicyclic) bond motifs is 3. The summed E-state index contributed by atoms with van der Waals surface area (Å²) in [7, 11) is 0. The molecule has 0 bridgehead atoms. The zero-order valence-electron chi connectivity index (χ0n) is 17.0. The summed E-state index contributed by atoms with van der Waals surface area (Å²) in [5, 5.41) is 0. The fourth-order valence-corrected chi connectivity index (χ4v) is 5.24. The lowest BCUT2D eigenvalue weighted by Gasteiger charge is -2.43. The molecule has 5 rings (SSSR count). The number of hydrogen-bond acceptors (Lipinski definition) is 4. The lowest BCUT2D eigenvalue weighted by atomic mass is 9.73. The summed E-state index contributed by atoms with van der Waals surface area (Å²) in [5.74, 6) is 1.25. The molecule has 2 N–H and O–H groups in total. The Hall–Kier alpha value is -3.02. The molecule has 1 fully saturated rings. The van der Waals surface area contributed by atoms with Crippen LogP contribution in [0.5, 0.6) is 11.5 Å². The Morgan fingerprint density at radius 3 is 2.33 bits per heavy atom. The van der Waals surface area contributed by atoms with Crippen molar-refractivity contribution < 1.29 is 19.1 Å². The topological polar surface area (TPSA) is 81.9 Å². The SMILES string of the molecule is NC(=O)Cc1ccc(C(=O)N2Cc3cc4c(cc3C3(CCCC3)C2)OCCO4)cc1. The van der Waals surface area contributed by atoms with Crippen molar-refractivity contribution in [1.82, 2.24) is 4.90 Å². The van der Waals surface area contributed by atoms with Crippen molar-refractivity contribution in [2.75, 3.05) is 19.8 Å². The van der Waals surface area contributed by atoms with Crippen molar-refractivity contribution >= 4 is 11.8 Å². The fraction of sp³-hybridized carbons (Fsp3) is 0.417. The van der Waals surface area contributed by atoms with Crippen molar-refractivity contribution in [3.05, 3.63) is 58.7 Å². The largest absolute Gasteiger partial charge is 0.486 e. The molecule has 0 radical (unpaired) electrons. The Balaban J connectivity index is 1.46. The number of nitrogens with two attached hydrogens (primary N) is 1. The first-order chi connectivity index (χ1) is 14.5. The molecule has 6 heteroatoms. The summed E-state index contributed by atoms with van der Waals surface area (Å²) in [6, 6.07) is 11.4. The first kappa shape index (κ1) is 19.0. The first-order valence-corrected chi connectivity index (χ1v) is 10.6. The van der Waals surface area contributed by atoms with Gasteiger partial charge in [-0.15, -0.1) is 0 Å². The van der Waals surface area contributed by atoms with Gasteiger partial charge < -0.3 is 20.1 Å². The van der Waals surface area contributed by atoms with Crippen LogP contribution in [0.1, 0.15) is 52.7 Å². The monoisotopic (exact) mass is 406 g/mol. The molecule has 2 aromatic rings. The number of amides is 2. The Bertz CT molecular complexity index is 993. The lowest BCUT2D eigenvalue weighted by molar-refractivity contribution is -0.117. The molecule has 2 amide bonds. The van der Waals surface area contributed by atoms with Gasteiger partial charge in [-0.25, -0.2) is 0 Å². The molecule has 2 aliphatic heterocycles. The third kappa shape index (κ3) is 3.30. The quantitative estimate of drug-likeness (QED) is 0.850. The smallest absolute Gasteiger partial charge is 0.254 e. The minimum absolute atomic E-state index is 0.00894. The summed E-state index contributed by atoms with van der Waals surface area (Å²) in [4.78, 5) is 26.4. The summed E-state index contributed by atoms with van der Waals surface area (Å²) in [5.41, 5.74) is 9.19. The maximum atomic E-state index is 13.4. The van der Waals surface area contributed by atoms with Gasteiger partial charge in [0, 0.05) is 24.1 Å². The normalized spacial score (nSPS) is 18.9. The molecule has 1 spiro atoms. The van der Waals surface area contributed by atoms with E-state index in [0.29, 0.717) is 25.3 Å². The van der Waals surface area contributed by atoms with Gasteiger partial charge in [0.25, 0.3) is 5.91 Å². The zero-order chi connectivity index (χ0) is 20.7. The predicted molar refractivity (Wildman–Crippen MR) is 112 cm³/mol. The van der Waals surface area contributed by atoms with Crippen LogP contribution in [-0.2, 0) is 23.2 Å². The van der Waals surface area contributed by atoms with E-state index in [-0.39, 0.29) is 23.7 Å². The van der Waals surface area contributed by atoms with Crippen LogP contribution in [-0.4, -0.2) is 36.5 Å². The van der Waals surface area contributed by atoms with Crippen molar-refractivity contribution in [1.29, 1.82) is 0 Å². The average molecular weight is 406 g/mol. The third-order valence-corrected chi connectivity index (χ3v) is 6.62. The molecule has 0 unspecified atom stereocenters. The number of benzene rings is 2. The van der Waals surface area contributed by atoms with Crippen LogP contribution in [0, 0.1) is 0 Å². The van der Waals surface area contributed by atoms with Gasteiger partial charge in [-0.05, 0) is 53.8 Å². The Morgan fingerprint density at radius 2 is 1.67 bits per heavy atom. The lowest BCUT2D eigenvalue weighted by Crippen LogP contribution is -2.46. The summed E-state index contributed by atoms with van der Waals surface area (Å²) in [6.07, 6.45) is 4.71. The number of ether oxygens (including phenoxy) is 2. The van der Waals surface area contributed by atoms with Crippen LogP contribution in [0.25, 0.3) is 0 Å². The van der Waals surface area contributed by atoms with E-state index in [1.807, 2.05) is 17.0 Å². The van der Waals surface area contributed by atoms with E-state index in [0.717, 1.165) is 42.0 Å². The Morgan fingerprint density at radius 1 is 1.00 bits per heavy atom. The van der Waals surface area contributed by atoms with E-state index in [1.165, 1.54) is 18.4 Å². The second kappa shape index (κ2) is 7.35. The highest BCUT2D eigenvalue weighted by Crippen LogP contribution is 2.49. The number of carbonyl (C=O) groups excluding carboxylic acids is 2. The first-order valence-electron chi connectivity index (χ1n) is 10.6. The number of rotatable bonds is 3. The van der Waals surface area contributed by atoms with E-state index in [2.05, 4.69) is 12.1 Å². The van der Waals surface area contributed by atoms with Crippen molar-refractivity contribution in [2.24, 2.45) is 5.73 Å². The van der Waals surface area contributed by atoms with Crippen LogP contribution < -0.4 is 15.2 Å². The molecule has 156 valence electrons. The summed E-state index contributed by atoms with van der Waals surface area (Å²) >= 11 is 0. The molecule has 0 saturated heterocycles. The van der Waals surface area contributed by atoms with Crippen molar-refractivity contribution in [3.8, 4) is 11.5 Å². The van der Waals surface area contributed by atoms with Crippen molar-refractivity contribution in [3.63, 3.8) is 0 Å². The minimum atomic E-state index is -0.376. The van der Waals surface area contributed by atoms with E-state index in [4.69, 9.17) is 15.2 Å². The van der Waals surface area contributed by atoms with E-state index in [9.17, 15) is 9.59 Å².